The lowest BCUT2D eigenvalue weighted by atomic mass is 10.2. The number of carbonyl (C=O) groups is 1. The summed E-state index contributed by atoms with van der Waals surface area (Å²) in [7, 11) is 0. The minimum Gasteiger partial charge on any atom is -0.270 e. The Morgan fingerprint density at radius 2 is 2.24 bits per heavy atom. The normalized spacial score (nSPS) is 16.4. The Hall–Kier alpha value is -0.870. The van der Waals surface area contributed by atoms with Gasteiger partial charge in [-0.3, -0.25) is 9.63 Å². The molecule has 1 fully saturated rings. The predicted molar refractivity (Wildman–Crippen MR) is 69.2 cm³/mol. The number of hydrogen-bond donors (Lipinski definition) is 1. The van der Waals surface area contributed by atoms with Crippen LogP contribution in [0.2, 0.25) is 0 Å². The van der Waals surface area contributed by atoms with Gasteiger partial charge < -0.3 is 0 Å². The van der Waals surface area contributed by atoms with Gasteiger partial charge in [-0.2, -0.15) is 0 Å². The summed E-state index contributed by atoms with van der Waals surface area (Å²) in [6, 6.07) is 1.94. The molecule has 0 aromatic carbocycles. The molecule has 1 aliphatic rings. The number of thiophene rings is 1. The van der Waals surface area contributed by atoms with E-state index in [9.17, 15) is 4.79 Å². The Balaban J connectivity index is 1.89. The Bertz CT molecular complexity index is 394. The molecular formula is C13H19NO2S. The summed E-state index contributed by atoms with van der Waals surface area (Å²) in [4.78, 5) is 19.3. The van der Waals surface area contributed by atoms with Crippen molar-refractivity contribution >= 4 is 17.2 Å². The molecule has 2 rings (SSSR count). The first kappa shape index (κ1) is 12.6. The molecule has 17 heavy (non-hydrogen) atoms. The van der Waals surface area contributed by atoms with E-state index in [2.05, 4.69) is 12.4 Å². The van der Waals surface area contributed by atoms with Crippen LogP contribution in [-0.2, 0) is 11.3 Å². The van der Waals surface area contributed by atoms with Crippen molar-refractivity contribution in [3.8, 4) is 0 Å². The lowest BCUT2D eigenvalue weighted by Crippen LogP contribution is -2.27. The first-order valence-electron chi connectivity index (χ1n) is 6.26. The van der Waals surface area contributed by atoms with Crippen LogP contribution in [0.15, 0.2) is 6.07 Å². The van der Waals surface area contributed by atoms with E-state index in [4.69, 9.17) is 4.84 Å². The van der Waals surface area contributed by atoms with Crippen LogP contribution in [0.5, 0.6) is 0 Å². The maximum absolute atomic E-state index is 11.9. The van der Waals surface area contributed by atoms with Crippen molar-refractivity contribution in [2.24, 2.45) is 0 Å². The smallest absolute Gasteiger partial charge is 0.270 e. The molecule has 0 aliphatic heterocycles. The molecule has 1 N–H and O–H groups in total. The Labute approximate surface area is 106 Å². The summed E-state index contributed by atoms with van der Waals surface area (Å²) in [5.74, 6) is -0.107. The molecule has 1 saturated carbocycles. The van der Waals surface area contributed by atoms with Crippen LogP contribution >= 0.6 is 11.3 Å². The first-order chi connectivity index (χ1) is 8.20. The molecular weight excluding hydrogens is 234 g/mol. The molecule has 3 nitrogen and oxygen atoms in total. The van der Waals surface area contributed by atoms with Crippen LogP contribution in [0.3, 0.4) is 0 Å². The number of hydrogen-bond acceptors (Lipinski definition) is 3. The van der Waals surface area contributed by atoms with Crippen LogP contribution in [0.25, 0.3) is 0 Å². The number of amides is 1. The largest absolute Gasteiger partial charge is 0.284 e. The monoisotopic (exact) mass is 253 g/mol. The van der Waals surface area contributed by atoms with Gasteiger partial charge in [0.25, 0.3) is 5.91 Å². The second kappa shape index (κ2) is 5.65. The lowest BCUT2D eigenvalue weighted by Gasteiger charge is -2.10. The number of carbonyl (C=O) groups excluding carboxylic acids is 1. The number of rotatable bonds is 4. The van der Waals surface area contributed by atoms with Crippen LogP contribution in [0.1, 0.15) is 52.7 Å². The highest BCUT2D eigenvalue weighted by Crippen LogP contribution is 2.23. The molecule has 4 heteroatoms. The van der Waals surface area contributed by atoms with E-state index in [1.807, 2.05) is 13.0 Å². The second-order valence-corrected chi connectivity index (χ2v) is 5.66. The minimum atomic E-state index is -0.107. The quantitative estimate of drug-likeness (QED) is 0.837. The summed E-state index contributed by atoms with van der Waals surface area (Å²) in [6.07, 6.45) is 5.73. The van der Waals surface area contributed by atoms with Crippen LogP contribution in [-0.4, -0.2) is 12.0 Å². The zero-order valence-electron chi connectivity index (χ0n) is 10.4. The van der Waals surface area contributed by atoms with Crippen molar-refractivity contribution in [3.63, 3.8) is 0 Å². The summed E-state index contributed by atoms with van der Waals surface area (Å²) < 4.78 is 0. The van der Waals surface area contributed by atoms with Gasteiger partial charge in [0.05, 0.1) is 11.0 Å². The average Bonchev–Trinajstić information content (AvgIpc) is 2.94. The van der Waals surface area contributed by atoms with E-state index in [1.54, 1.807) is 11.3 Å². The summed E-state index contributed by atoms with van der Waals surface area (Å²) in [6.45, 7) is 4.15. The van der Waals surface area contributed by atoms with Gasteiger partial charge in [0, 0.05) is 4.88 Å². The van der Waals surface area contributed by atoms with Gasteiger partial charge in [0.15, 0.2) is 0 Å². The van der Waals surface area contributed by atoms with Crippen molar-refractivity contribution in [2.45, 2.75) is 52.1 Å². The molecule has 0 atom stereocenters. The number of nitrogens with one attached hydrogen (secondary N) is 1. The van der Waals surface area contributed by atoms with Gasteiger partial charge in [-0.1, -0.05) is 19.8 Å². The highest BCUT2D eigenvalue weighted by Gasteiger charge is 2.18. The van der Waals surface area contributed by atoms with E-state index in [0.717, 1.165) is 24.1 Å². The van der Waals surface area contributed by atoms with Crippen LogP contribution < -0.4 is 5.48 Å². The minimum absolute atomic E-state index is 0.107. The molecule has 0 spiro atoms. The molecule has 0 radical (unpaired) electrons. The van der Waals surface area contributed by atoms with Gasteiger partial charge in [-0.05, 0) is 37.8 Å². The lowest BCUT2D eigenvalue weighted by molar-refractivity contribution is -0.0122. The Morgan fingerprint density at radius 1 is 1.53 bits per heavy atom. The maximum Gasteiger partial charge on any atom is 0.284 e. The van der Waals surface area contributed by atoms with E-state index >= 15 is 0 Å². The molecule has 1 heterocycles. The Kier molecular flexibility index (Phi) is 4.18. The number of hydroxylamine groups is 1. The first-order valence-corrected chi connectivity index (χ1v) is 7.07. The molecule has 1 aliphatic carbocycles. The fourth-order valence-corrected chi connectivity index (χ4v) is 3.18. The zero-order valence-corrected chi connectivity index (χ0v) is 11.2. The summed E-state index contributed by atoms with van der Waals surface area (Å²) >= 11 is 1.56. The van der Waals surface area contributed by atoms with Crippen molar-refractivity contribution in [1.82, 2.24) is 5.48 Å². The van der Waals surface area contributed by atoms with E-state index in [1.165, 1.54) is 23.3 Å². The highest BCUT2D eigenvalue weighted by atomic mass is 32.1. The van der Waals surface area contributed by atoms with Crippen molar-refractivity contribution in [1.29, 1.82) is 0 Å². The summed E-state index contributed by atoms with van der Waals surface area (Å²) in [5, 5.41) is 0. The van der Waals surface area contributed by atoms with Crippen LogP contribution in [0, 0.1) is 6.92 Å². The molecule has 1 aromatic rings. The third-order valence-electron chi connectivity index (χ3n) is 3.19. The van der Waals surface area contributed by atoms with Gasteiger partial charge in [-0.15, -0.1) is 11.3 Å². The third kappa shape index (κ3) is 3.07. The van der Waals surface area contributed by atoms with Gasteiger partial charge >= 0.3 is 0 Å². The van der Waals surface area contributed by atoms with Gasteiger partial charge in [-0.25, -0.2) is 5.48 Å². The van der Waals surface area contributed by atoms with Crippen LogP contribution in [0.4, 0.5) is 0 Å². The Morgan fingerprint density at radius 3 is 2.82 bits per heavy atom. The highest BCUT2D eigenvalue weighted by molar-refractivity contribution is 7.14. The fraction of sp³-hybridized carbons (Fsp3) is 0.615. The van der Waals surface area contributed by atoms with E-state index in [0.29, 0.717) is 0 Å². The van der Waals surface area contributed by atoms with Crippen molar-refractivity contribution in [3.05, 3.63) is 21.4 Å². The van der Waals surface area contributed by atoms with E-state index < -0.39 is 0 Å². The second-order valence-electron chi connectivity index (χ2n) is 4.53. The predicted octanol–water partition coefficient (Wildman–Crippen LogP) is 3.22. The van der Waals surface area contributed by atoms with E-state index in [-0.39, 0.29) is 12.0 Å². The number of aryl methyl sites for hydroxylation is 2. The molecule has 94 valence electrons. The molecule has 0 saturated heterocycles. The van der Waals surface area contributed by atoms with Crippen molar-refractivity contribution in [2.75, 3.05) is 0 Å². The fourth-order valence-electron chi connectivity index (χ4n) is 2.18. The third-order valence-corrected chi connectivity index (χ3v) is 4.57. The SMILES string of the molecule is CCc1sc(C(=O)NOC2CCCC2)cc1C. The maximum atomic E-state index is 11.9. The standard InChI is InChI=1S/C13H19NO2S/c1-3-11-9(2)8-12(17-11)13(15)14-16-10-6-4-5-7-10/h8,10H,3-7H2,1-2H3,(H,14,15). The average molecular weight is 253 g/mol. The molecule has 0 bridgehead atoms. The molecule has 1 aromatic heterocycles. The summed E-state index contributed by atoms with van der Waals surface area (Å²) in [5.41, 5.74) is 3.77. The van der Waals surface area contributed by atoms with Gasteiger partial charge in [0.1, 0.15) is 0 Å². The van der Waals surface area contributed by atoms with Crippen molar-refractivity contribution < 1.29 is 9.63 Å². The van der Waals surface area contributed by atoms with Gasteiger partial charge in [0.2, 0.25) is 0 Å². The topological polar surface area (TPSA) is 38.3 Å². The molecule has 0 unspecified atom stereocenters. The molecule has 1 amide bonds. The zero-order chi connectivity index (χ0) is 12.3.